The number of ether oxygens (including phenoxy) is 1. The summed E-state index contributed by atoms with van der Waals surface area (Å²) >= 11 is 6.66. The van der Waals surface area contributed by atoms with Crippen molar-refractivity contribution in [3.05, 3.63) is 21.1 Å². The fourth-order valence-electron chi connectivity index (χ4n) is 0.983. The molecule has 1 aromatic rings. The predicted molar refractivity (Wildman–Crippen MR) is 66.1 cm³/mol. The van der Waals surface area contributed by atoms with Gasteiger partial charge >= 0.3 is 0 Å². The smallest absolute Gasteiger partial charge is 0.238 e. The van der Waals surface area contributed by atoms with E-state index in [0.717, 1.165) is 8.95 Å². The van der Waals surface area contributed by atoms with E-state index in [-0.39, 0.29) is 12.5 Å². The summed E-state index contributed by atoms with van der Waals surface area (Å²) < 4.78 is 6.67. The number of halogens is 2. The van der Waals surface area contributed by atoms with Crippen molar-refractivity contribution in [1.29, 1.82) is 0 Å². The highest BCUT2D eigenvalue weighted by Gasteiger charge is 2.08. The Labute approximate surface area is 104 Å². The van der Waals surface area contributed by atoms with E-state index in [1.807, 2.05) is 0 Å². The molecule has 1 rings (SSSR count). The van der Waals surface area contributed by atoms with Gasteiger partial charge < -0.3 is 15.8 Å². The summed E-state index contributed by atoms with van der Waals surface area (Å²) in [5.41, 5.74) is 5.83. The van der Waals surface area contributed by atoms with E-state index in [0.29, 0.717) is 11.4 Å². The van der Waals surface area contributed by atoms with Crippen molar-refractivity contribution < 1.29 is 9.53 Å². The molecular weight excluding hydrogens is 328 g/mol. The molecule has 15 heavy (non-hydrogen) atoms. The van der Waals surface area contributed by atoms with Crippen molar-refractivity contribution >= 4 is 43.5 Å². The number of carbonyl (C=O) groups is 1. The first-order chi connectivity index (χ1) is 7.08. The Bertz CT molecular complexity index is 383. The van der Waals surface area contributed by atoms with Gasteiger partial charge in [0.15, 0.2) is 0 Å². The van der Waals surface area contributed by atoms with Crippen molar-refractivity contribution in [3.8, 4) is 5.75 Å². The average Bonchev–Trinajstić information content (AvgIpc) is 2.21. The van der Waals surface area contributed by atoms with Crippen molar-refractivity contribution in [2.75, 3.05) is 19.0 Å². The van der Waals surface area contributed by atoms with Gasteiger partial charge in [-0.05, 0) is 37.9 Å². The summed E-state index contributed by atoms with van der Waals surface area (Å²) in [5.74, 6) is 0.394. The minimum atomic E-state index is -0.250. The first-order valence-electron chi connectivity index (χ1n) is 4.11. The van der Waals surface area contributed by atoms with Gasteiger partial charge in [-0.25, -0.2) is 0 Å². The summed E-state index contributed by atoms with van der Waals surface area (Å²) in [6.07, 6.45) is 0. The van der Waals surface area contributed by atoms with Gasteiger partial charge in [-0.2, -0.15) is 0 Å². The van der Waals surface area contributed by atoms with Gasteiger partial charge in [-0.15, -0.1) is 0 Å². The summed E-state index contributed by atoms with van der Waals surface area (Å²) in [6.45, 7) is -0.0508. The third-order valence-electron chi connectivity index (χ3n) is 1.70. The zero-order valence-corrected chi connectivity index (χ0v) is 11.2. The van der Waals surface area contributed by atoms with Crippen LogP contribution in [0.4, 0.5) is 5.69 Å². The maximum atomic E-state index is 11.1. The Balaban J connectivity index is 3.02. The fourth-order valence-corrected chi connectivity index (χ4v) is 2.24. The quantitative estimate of drug-likeness (QED) is 0.888. The number of hydrogen-bond acceptors (Lipinski definition) is 3. The van der Waals surface area contributed by atoms with Crippen molar-refractivity contribution in [2.45, 2.75) is 0 Å². The van der Waals surface area contributed by atoms with Gasteiger partial charge in [0, 0.05) is 10.5 Å². The molecule has 0 spiro atoms. The van der Waals surface area contributed by atoms with Crippen LogP contribution in [0.5, 0.6) is 5.75 Å². The van der Waals surface area contributed by atoms with Crippen LogP contribution in [0, 0.1) is 0 Å². The normalized spacial score (nSPS) is 9.87. The molecule has 0 saturated carbocycles. The number of amides is 1. The Morgan fingerprint density at radius 2 is 2.13 bits per heavy atom. The van der Waals surface area contributed by atoms with Crippen LogP contribution in [0.2, 0.25) is 0 Å². The molecule has 0 aromatic heterocycles. The highest BCUT2D eigenvalue weighted by molar-refractivity contribution is 9.11. The maximum absolute atomic E-state index is 11.1. The van der Waals surface area contributed by atoms with Crippen molar-refractivity contribution in [1.82, 2.24) is 0 Å². The Morgan fingerprint density at radius 3 is 2.67 bits per heavy atom. The van der Waals surface area contributed by atoms with Crippen molar-refractivity contribution in [3.63, 3.8) is 0 Å². The molecule has 0 radical (unpaired) electrons. The minimum absolute atomic E-state index is 0.0508. The maximum Gasteiger partial charge on any atom is 0.238 e. The minimum Gasteiger partial charge on any atom is -0.495 e. The molecule has 6 heteroatoms. The third kappa shape index (κ3) is 3.19. The van der Waals surface area contributed by atoms with Crippen LogP contribution in [-0.4, -0.2) is 19.6 Å². The van der Waals surface area contributed by atoms with E-state index in [9.17, 15) is 4.79 Å². The molecule has 1 aromatic carbocycles. The lowest BCUT2D eigenvalue weighted by molar-refractivity contribution is -0.114. The van der Waals surface area contributed by atoms with Crippen LogP contribution in [-0.2, 0) is 4.79 Å². The average molecular weight is 338 g/mol. The molecule has 0 aliphatic rings. The van der Waals surface area contributed by atoms with Crippen LogP contribution >= 0.6 is 31.9 Å². The Hall–Kier alpha value is -0.590. The van der Waals surface area contributed by atoms with Gasteiger partial charge in [0.05, 0.1) is 23.8 Å². The Kier molecular flexibility index (Phi) is 4.56. The molecule has 4 nitrogen and oxygen atoms in total. The summed E-state index contributed by atoms with van der Waals surface area (Å²) in [6, 6.07) is 3.51. The number of rotatable bonds is 3. The van der Waals surface area contributed by atoms with Gasteiger partial charge in [0.25, 0.3) is 0 Å². The molecule has 0 atom stereocenters. The highest BCUT2D eigenvalue weighted by atomic mass is 79.9. The van der Waals surface area contributed by atoms with Crippen LogP contribution in [0.15, 0.2) is 21.1 Å². The largest absolute Gasteiger partial charge is 0.495 e. The van der Waals surface area contributed by atoms with E-state index in [2.05, 4.69) is 37.2 Å². The van der Waals surface area contributed by atoms with Gasteiger partial charge in [0.2, 0.25) is 5.91 Å². The molecule has 0 fully saturated rings. The number of hydrogen-bond donors (Lipinski definition) is 2. The van der Waals surface area contributed by atoms with E-state index in [4.69, 9.17) is 10.5 Å². The number of anilines is 1. The van der Waals surface area contributed by atoms with Gasteiger partial charge in [-0.1, -0.05) is 0 Å². The fraction of sp³-hybridized carbons (Fsp3) is 0.222. The van der Waals surface area contributed by atoms with Gasteiger partial charge in [0.1, 0.15) is 5.75 Å². The Morgan fingerprint density at radius 1 is 1.47 bits per heavy atom. The summed E-state index contributed by atoms with van der Waals surface area (Å²) in [7, 11) is 1.56. The van der Waals surface area contributed by atoms with E-state index in [1.54, 1.807) is 19.2 Å². The summed E-state index contributed by atoms with van der Waals surface area (Å²) in [5, 5.41) is 2.65. The van der Waals surface area contributed by atoms with Crippen LogP contribution in [0.25, 0.3) is 0 Å². The van der Waals surface area contributed by atoms with Gasteiger partial charge in [-0.3, -0.25) is 4.79 Å². The zero-order chi connectivity index (χ0) is 11.4. The second-order valence-corrected chi connectivity index (χ2v) is 4.43. The second kappa shape index (κ2) is 5.48. The lowest BCUT2D eigenvalue weighted by atomic mass is 10.3. The third-order valence-corrected chi connectivity index (χ3v) is 2.98. The van der Waals surface area contributed by atoms with Crippen LogP contribution in [0.3, 0.4) is 0 Å². The zero-order valence-electron chi connectivity index (χ0n) is 8.01. The molecule has 0 aliphatic carbocycles. The van der Waals surface area contributed by atoms with E-state index in [1.165, 1.54) is 0 Å². The number of nitrogens with two attached hydrogens (primary N) is 1. The number of nitrogens with one attached hydrogen (secondary N) is 1. The first-order valence-corrected chi connectivity index (χ1v) is 5.70. The molecule has 82 valence electrons. The molecule has 3 N–H and O–H groups in total. The SMILES string of the molecule is COc1cc(NC(=O)CN)c(Br)cc1Br. The number of carbonyl (C=O) groups excluding carboxylic acids is 1. The molecular formula is C9H10Br2N2O2. The molecule has 1 amide bonds. The lowest BCUT2D eigenvalue weighted by Crippen LogP contribution is -2.22. The predicted octanol–water partition coefficient (Wildman–Crippen LogP) is 2.12. The first kappa shape index (κ1) is 12.5. The molecule has 0 bridgehead atoms. The molecule has 0 unspecified atom stereocenters. The number of methoxy groups -OCH3 is 1. The monoisotopic (exact) mass is 336 g/mol. The standard InChI is InChI=1S/C9H10Br2N2O2/c1-15-8-3-7(13-9(14)4-12)5(10)2-6(8)11/h2-3H,4,12H2,1H3,(H,13,14). The van der Waals surface area contributed by atoms with E-state index >= 15 is 0 Å². The topological polar surface area (TPSA) is 64.3 Å². The molecule has 0 heterocycles. The highest BCUT2D eigenvalue weighted by Crippen LogP contribution is 2.34. The van der Waals surface area contributed by atoms with E-state index < -0.39 is 0 Å². The molecule has 0 aliphatic heterocycles. The second-order valence-electron chi connectivity index (χ2n) is 2.72. The van der Waals surface area contributed by atoms with Crippen LogP contribution in [0.1, 0.15) is 0 Å². The summed E-state index contributed by atoms with van der Waals surface area (Å²) in [4.78, 5) is 11.1. The molecule has 0 saturated heterocycles. The lowest BCUT2D eigenvalue weighted by Gasteiger charge is -2.10. The van der Waals surface area contributed by atoms with Crippen molar-refractivity contribution in [2.24, 2.45) is 5.73 Å². The number of benzene rings is 1. The van der Waals surface area contributed by atoms with Crippen LogP contribution < -0.4 is 15.8 Å².